The molecule has 1 fully saturated rings. The molecular weight excluding hydrogens is 285 g/mol. The number of hydrogen-bond acceptors (Lipinski definition) is 4. The normalized spacial score (nSPS) is 19.6. The number of carbonyl (C=O) groups excluding carboxylic acids is 1. The fourth-order valence-electron chi connectivity index (χ4n) is 2.66. The second kappa shape index (κ2) is 7.67. The quantitative estimate of drug-likeness (QED) is 0.857. The molecule has 2 atom stereocenters. The van der Waals surface area contributed by atoms with Crippen molar-refractivity contribution in [2.75, 3.05) is 38.1 Å². The lowest BCUT2D eigenvalue weighted by atomic mass is 10.2. The summed E-state index contributed by atoms with van der Waals surface area (Å²) >= 11 is 0. The van der Waals surface area contributed by atoms with Crippen LogP contribution in [0.5, 0.6) is 0 Å². The van der Waals surface area contributed by atoms with Gasteiger partial charge in [0.1, 0.15) is 5.82 Å². The maximum atomic E-state index is 13.1. The molecule has 0 spiro atoms. The molecule has 1 heterocycles. The van der Waals surface area contributed by atoms with E-state index in [0.29, 0.717) is 5.69 Å². The Labute approximate surface area is 130 Å². The van der Waals surface area contributed by atoms with Crippen molar-refractivity contribution in [1.29, 1.82) is 0 Å². The van der Waals surface area contributed by atoms with E-state index in [-0.39, 0.29) is 30.4 Å². The first-order chi connectivity index (χ1) is 10.5. The molecule has 5 nitrogen and oxygen atoms in total. The molecule has 1 aromatic rings. The van der Waals surface area contributed by atoms with Gasteiger partial charge in [-0.05, 0) is 32.0 Å². The zero-order chi connectivity index (χ0) is 16.1. The molecule has 1 aromatic carbocycles. The van der Waals surface area contributed by atoms with E-state index in [1.54, 1.807) is 12.1 Å². The molecule has 1 aliphatic heterocycles. The smallest absolute Gasteiger partial charge is 0.241 e. The van der Waals surface area contributed by atoms with Crippen molar-refractivity contribution < 1.29 is 14.3 Å². The van der Waals surface area contributed by atoms with E-state index >= 15 is 0 Å². The summed E-state index contributed by atoms with van der Waals surface area (Å²) in [5.74, 6) is -0.494. The molecule has 0 bridgehead atoms. The van der Waals surface area contributed by atoms with Crippen LogP contribution in [0.2, 0.25) is 0 Å². The Kier molecular flexibility index (Phi) is 5.88. The topological polar surface area (TPSA) is 55.8 Å². The number of anilines is 1. The average molecular weight is 309 g/mol. The van der Waals surface area contributed by atoms with Gasteiger partial charge in [-0.15, -0.1) is 0 Å². The van der Waals surface area contributed by atoms with Gasteiger partial charge in [-0.1, -0.05) is 6.07 Å². The molecule has 2 N–H and O–H groups in total. The number of benzene rings is 1. The van der Waals surface area contributed by atoms with E-state index in [9.17, 15) is 14.3 Å². The molecule has 122 valence electrons. The molecule has 1 saturated heterocycles. The largest absolute Gasteiger partial charge is 0.395 e. The van der Waals surface area contributed by atoms with Crippen LogP contribution < -0.4 is 5.32 Å². The summed E-state index contributed by atoms with van der Waals surface area (Å²) in [6.45, 7) is 7.23. The summed E-state index contributed by atoms with van der Waals surface area (Å²) in [6.07, 6.45) is 0. The van der Waals surface area contributed by atoms with Crippen LogP contribution in [0.15, 0.2) is 24.3 Å². The molecule has 0 aromatic heterocycles. The van der Waals surface area contributed by atoms with E-state index in [2.05, 4.69) is 15.1 Å². The number of piperazine rings is 1. The fraction of sp³-hybridized carbons (Fsp3) is 0.562. The first kappa shape index (κ1) is 16.9. The molecule has 22 heavy (non-hydrogen) atoms. The number of nitrogens with one attached hydrogen (secondary N) is 1. The molecule has 1 aliphatic rings. The van der Waals surface area contributed by atoms with Crippen molar-refractivity contribution in [1.82, 2.24) is 9.80 Å². The summed E-state index contributed by atoms with van der Waals surface area (Å²) in [6, 6.07) is 5.79. The van der Waals surface area contributed by atoms with Crippen LogP contribution in [0.3, 0.4) is 0 Å². The van der Waals surface area contributed by atoms with Crippen LogP contribution in [0.1, 0.15) is 13.8 Å². The van der Waals surface area contributed by atoms with Crippen molar-refractivity contribution in [2.45, 2.75) is 25.9 Å². The summed E-state index contributed by atoms with van der Waals surface area (Å²) < 4.78 is 13.1. The molecule has 0 unspecified atom stereocenters. The van der Waals surface area contributed by atoms with Gasteiger partial charge in [0, 0.05) is 37.9 Å². The van der Waals surface area contributed by atoms with Crippen LogP contribution in [-0.4, -0.2) is 65.7 Å². The predicted molar refractivity (Wildman–Crippen MR) is 84.2 cm³/mol. The van der Waals surface area contributed by atoms with Gasteiger partial charge >= 0.3 is 0 Å². The number of amides is 1. The van der Waals surface area contributed by atoms with Gasteiger partial charge in [0.2, 0.25) is 5.91 Å². The minimum absolute atomic E-state index is 0.130. The summed E-state index contributed by atoms with van der Waals surface area (Å²) in [7, 11) is 0. The second-order valence-corrected chi connectivity index (χ2v) is 5.78. The van der Waals surface area contributed by atoms with E-state index in [1.807, 2.05) is 13.8 Å². The van der Waals surface area contributed by atoms with E-state index in [0.717, 1.165) is 26.2 Å². The van der Waals surface area contributed by atoms with Gasteiger partial charge in [0.15, 0.2) is 0 Å². The highest BCUT2D eigenvalue weighted by Gasteiger charge is 2.27. The van der Waals surface area contributed by atoms with Crippen molar-refractivity contribution in [3.63, 3.8) is 0 Å². The predicted octanol–water partition coefficient (Wildman–Crippen LogP) is 1.15. The number of aliphatic hydroxyl groups excluding tert-OH is 1. The number of aliphatic hydroxyl groups is 1. The minimum Gasteiger partial charge on any atom is -0.395 e. The Hall–Kier alpha value is -1.50. The van der Waals surface area contributed by atoms with Crippen molar-refractivity contribution >= 4 is 11.6 Å². The third-order valence-corrected chi connectivity index (χ3v) is 4.26. The first-order valence-corrected chi connectivity index (χ1v) is 7.66. The molecule has 0 aliphatic carbocycles. The van der Waals surface area contributed by atoms with Crippen LogP contribution >= 0.6 is 0 Å². The van der Waals surface area contributed by atoms with E-state index in [1.165, 1.54) is 12.1 Å². The minimum atomic E-state index is -0.364. The SMILES string of the molecule is C[C@H](CO)N1CCN([C@H](C)C(=O)Nc2cccc(F)c2)CC1. The lowest BCUT2D eigenvalue weighted by molar-refractivity contribution is -0.121. The van der Waals surface area contributed by atoms with Crippen LogP contribution in [0.4, 0.5) is 10.1 Å². The van der Waals surface area contributed by atoms with Gasteiger partial charge in [-0.25, -0.2) is 4.39 Å². The lowest BCUT2D eigenvalue weighted by Gasteiger charge is -2.39. The maximum Gasteiger partial charge on any atom is 0.241 e. The van der Waals surface area contributed by atoms with Crippen molar-refractivity contribution in [3.8, 4) is 0 Å². The number of hydrogen-bond donors (Lipinski definition) is 2. The Balaban J connectivity index is 1.86. The average Bonchev–Trinajstić information content (AvgIpc) is 2.53. The zero-order valence-corrected chi connectivity index (χ0v) is 13.1. The first-order valence-electron chi connectivity index (χ1n) is 7.66. The molecule has 0 saturated carbocycles. The highest BCUT2D eigenvalue weighted by atomic mass is 19.1. The van der Waals surface area contributed by atoms with Gasteiger partial charge in [0.05, 0.1) is 12.6 Å². The van der Waals surface area contributed by atoms with Gasteiger partial charge in [0.25, 0.3) is 0 Å². The molecule has 2 rings (SSSR count). The van der Waals surface area contributed by atoms with Gasteiger partial charge < -0.3 is 10.4 Å². The monoisotopic (exact) mass is 309 g/mol. The fourth-order valence-corrected chi connectivity index (χ4v) is 2.66. The summed E-state index contributed by atoms with van der Waals surface area (Å²) in [5.41, 5.74) is 0.476. The third-order valence-electron chi connectivity index (χ3n) is 4.26. The summed E-state index contributed by atoms with van der Waals surface area (Å²) in [4.78, 5) is 16.6. The van der Waals surface area contributed by atoms with Crippen LogP contribution in [-0.2, 0) is 4.79 Å². The second-order valence-electron chi connectivity index (χ2n) is 5.78. The standard InChI is InChI=1S/C16H24FN3O2/c1-12(11-21)19-6-8-20(9-7-19)13(2)16(22)18-15-5-3-4-14(17)10-15/h3-5,10,12-13,21H,6-9,11H2,1-2H3,(H,18,22)/t12-,13-/m1/s1. The van der Waals surface area contributed by atoms with Gasteiger partial charge in [-0.3, -0.25) is 14.6 Å². The molecule has 6 heteroatoms. The number of halogens is 1. The van der Waals surface area contributed by atoms with Crippen LogP contribution in [0, 0.1) is 5.82 Å². The highest BCUT2D eigenvalue weighted by Crippen LogP contribution is 2.13. The molecule has 1 amide bonds. The highest BCUT2D eigenvalue weighted by molar-refractivity contribution is 5.94. The molecule has 0 radical (unpaired) electrons. The Bertz CT molecular complexity index is 504. The van der Waals surface area contributed by atoms with Crippen molar-refractivity contribution in [2.24, 2.45) is 0 Å². The zero-order valence-electron chi connectivity index (χ0n) is 13.1. The van der Waals surface area contributed by atoms with Crippen molar-refractivity contribution in [3.05, 3.63) is 30.1 Å². The summed E-state index contributed by atoms with van der Waals surface area (Å²) in [5, 5.41) is 11.9. The maximum absolute atomic E-state index is 13.1. The lowest BCUT2D eigenvalue weighted by Crippen LogP contribution is -2.55. The van der Waals surface area contributed by atoms with E-state index < -0.39 is 0 Å². The third kappa shape index (κ3) is 4.25. The molecular formula is C16H24FN3O2. The number of nitrogens with zero attached hydrogens (tertiary/aromatic N) is 2. The number of rotatable bonds is 5. The van der Waals surface area contributed by atoms with E-state index in [4.69, 9.17) is 0 Å². The Morgan fingerprint density at radius 2 is 1.91 bits per heavy atom. The Morgan fingerprint density at radius 3 is 2.50 bits per heavy atom. The van der Waals surface area contributed by atoms with Gasteiger partial charge in [-0.2, -0.15) is 0 Å². The Morgan fingerprint density at radius 1 is 1.27 bits per heavy atom. The van der Waals surface area contributed by atoms with Crippen LogP contribution in [0.25, 0.3) is 0 Å². The number of carbonyl (C=O) groups is 1.